The zero-order chi connectivity index (χ0) is 11.4. The molecule has 1 saturated carbocycles. The third-order valence-electron chi connectivity index (χ3n) is 3.48. The molecule has 1 fully saturated rings. The van der Waals surface area contributed by atoms with Crippen LogP contribution in [0, 0.1) is 17.2 Å². The van der Waals surface area contributed by atoms with Crippen molar-refractivity contribution in [2.75, 3.05) is 0 Å². The fourth-order valence-corrected chi connectivity index (χ4v) is 2.70. The van der Waals surface area contributed by atoms with Gasteiger partial charge in [0.25, 0.3) is 0 Å². The molecule has 2 heteroatoms. The lowest BCUT2D eigenvalue weighted by Crippen LogP contribution is -2.09. The zero-order valence-electron chi connectivity index (χ0n) is 9.32. The Bertz CT molecular complexity index is 377. The summed E-state index contributed by atoms with van der Waals surface area (Å²) in [5, 5.41) is 10.00. The Balaban J connectivity index is 2.22. The summed E-state index contributed by atoms with van der Waals surface area (Å²) in [7, 11) is 0. The average Bonchev–Trinajstić information content (AvgIpc) is 2.55. The number of hydrogen-bond donors (Lipinski definition) is 0. The van der Waals surface area contributed by atoms with E-state index >= 15 is 0 Å². The maximum absolute atomic E-state index is 9.23. The van der Waals surface area contributed by atoms with E-state index in [0.29, 0.717) is 5.92 Å². The molecule has 2 atom stereocenters. The first-order valence-corrected chi connectivity index (χ1v) is 6.34. The van der Waals surface area contributed by atoms with Crippen molar-refractivity contribution in [1.29, 1.82) is 5.26 Å². The Kier molecular flexibility index (Phi) is 3.85. The van der Waals surface area contributed by atoms with E-state index in [-0.39, 0.29) is 5.92 Å². The highest BCUT2D eigenvalue weighted by molar-refractivity contribution is 6.30. The molecule has 1 aromatic rings. The van der Waals surface area contributed by atoms with Crippen molar-refractivity contribution in [2.24, 2.45) is 5.92 Å². The monoisotopic (exact) mass is 233 g/mol. The summed E-state index contributed by atoms with van der Waals surface area (Å²) >= 11 is 5.89. The van der Waals surface area contributed by atoms with Gasteiger partial charge < -0.3 is 0 Å². The SMILES string of the molecule is N#CC1CCCCCC1c1ccc(Cl)cc1. The Morgan fingerprint density at radius 3 is 2.44 bits per heavy atom. The van der Waals surface area contributed by atoms with Gasteiger partial charge in [0, 0.05) is 5.02 Å². The van der Waals surface area contributed by atoms with Gasteiger partial charge in [-0.25, -0.2) is 0 Å². The maximum atomic E-state index is 9.23. The second-order valence-corrected chi connectivity index (χ2v) is 4.97. The Morgan fingerprint density at radius 2 is 1.75 bits per heavy atom. The second kappa shape index (κ2) is 5.37. The van der Waals surface area contributed by atoms with Crippen molar-refractivity contribution < 1.29 is 0 Å². The Hall–Kier alpha value is -1.00. The lowest BCUT2D eigenvalue weighted by Gasteiger charge is -2.19. The van der Waals surface area contributed by atoms with Crippen LogP contribution in [0.3, 0.4) is 0 Å². The van der Waals surface area contributed by atoms with Crippen molar-refractivity contribution in [2.45, 2.75) is 38.0 Å². The second-order valence-electron chi connectivity index (χ2n) is 4.53. The van der Waals surface area contributed by atoms with Gasteiger partial charge in [0.1, 0.15) is 0 Å². The molecule has 0 saturated heterocycles. The summed E-state index contributed by atoms with van der Waals surface area (Å²) in [5.74, 6) is 0.591. The molecule has 2 rings (SSSR count). The Labute approximate surface area is 102 Å². The average molecular weight is 234 g/mol. The van der Waals surface area contributed by atoms with Crippen LogP contribution in [0.2, 0.25) is 5.02 Å². The van der Waals surface area contributed by atoms with Crippen LogP contribution in [0.15, 0.2) is 24.3 Å². The van der Waals surface area contributed by atoms with Gasteiger partial charge in [0.05, 0.1) is 12.0 Å². The molecule has 0 bridgehead atoms. The first-order valence-electron chi connectivity index (χ1n) is 5.96. The van der Waals surface area contributed by atoms with Gasteiger partial charge in [-0.2, -0.15) is 5.26 Å². The number of halogens is 1. The first-order chi connectivity index (χ1) is 7.81. The minimum absolute atomic E-state index is 0.184. The molecule has 1 aromatic carbocycles. The number of nitriles is 1. The highest BCUT2D eigenvalue weighted by Gasteiger charge is 2.24. The van der Waals surface area contributed by atoms with Crippen molar-refractivity contribution in [3.8, 4) is 6.07 Å². The predicted molar refractivity (Wildman–Crippen MR) is 66.4 cm³/mol. The van der Waals surface area contributed by atoms with E-state index in [4.69, 9.17) is 11.6 Å². The minimum atomic E-state index is 0.184. The molecule has 16 heavy (non-hydrogen) atoms. The van der Waals surface area contributed by atoms with Gasteiger partial charge in [-0.1, -0.05) is 43.0 Å². The largest absolute Gasteiger partial charge is 0.198 e. The van der Waals surface area contributed by atoms with Crippen molar-refractivity contribution in [1.82, 2.24) is 0 Å². The van der Waals surface area contributed by atoms with Gasteiger partial charge in [-0.15, -0.1) is 0 Å². The van der Waals surface area contributed by atoms with Gasteiger partial charge >= 0.3 is 0 Å². The normalized spacial score (nSPS) is 25.8. The molecule has 84 valence electrons. The number of benzene rings is 1. The number of rotatable bonds is 1. The molecule has 0 amide bonds. The van der Waals surface area contributed by atoms with Crippen LogP contribution in [0.5, 0.6) is 0 Å². The van der Waals surface area contributed by atoms with Crippen LogP contribution >= 0.6 is 11.6 Å². The highest BCUT2D eigenvalue weighted by atomic mass is 35.5. The molecular formula is C14H16ClN. The minimum Gasteiger partial charge on any atom is -0.198 e. The van der Waals surface area contributed by atoms with Crippen LogP contribution < -0.4 is 0 Å². The molecule has 2 unspecified atom stereocenters. The van der Waals surface area contributed by atoms with Crippen LogP contribution in [-0.2, 0) is 0 Å². The van der Waals surface area contributed by atoms with Crippen LogP contribution in [0.25, 0.3) is 0 Å². The Morgan fingerprint density at radius 1 is 1.06 bits per heavy atom. The van der Waals surface area contributed by atoms with Crippen LogP contribution in [0.1, 0.15) is 43.6 Å². The van der Waals surface area contributed by atoms with Crippen molar-refractivity contribution >= 4 is 11.6 Å². The summed E-state index contributed by atoms with van der Waals surface area (Å²) < 4.78 is 0. The fraction of sp³-hybridized carbons (Fsp3) is 0.500. The molecule has 0 heterocycles. The van der Waals surface area contributed by atoms with Crippen LogP contribution in [-0.4, -0.2) is 0 Å². The van der Waals surface area contributed by atoms with Gasteiger partial charge in [0.2, 0.25) is 0 Å². The van der Waals surface area contributed by atoms with Gasteiger partial charge in [-0.05, 0) is 36.5 Å². The van der Waals surface area contributed by atoms with Gasteiger partial charge in [-0.3, -0.25) is 0 Å². The van der Waals surface area contributed by atoms with Crippen molar-refractivity contribution in [3.63, 3.8) is 0 Å². The molecule has 0 radical (unpaired) electrons. The van der Waals surface area contributed by atoms with Crippen LogP contribution in [0.4, 0.5) is 0 Å². The summed E-state index contributed by atoms with van der Waals surface area (Å²) in [6, 6.07) is 10.5. The quantitative estimate of drug-likeness (QED) is 0.654. The zero-order valence-corrected chi connectivity index (χ0v) is 10.1. The third-order valence-corrected chi connectivity index (χ3v) is 3.73. The highest BCUT2D eigenvalue weighted by Crippen LogP contribution is 2.36. The standard InChI is InChI=1S/C14H16ClN/c15-13-8-6-11(7-9-13)14-5-3-1-2-4-12(14)10-16/h6-9,12,14H,1-5H2. The first kappa shape index (κ1) is 11.5. The molecule has 0 spiro atoms. The topological polar surface area (TPSA) is 23.8 Å². The smallest absolute Gasteiger partial charge is 0.0662 e. The lowest BCUT2D eigenvalue weighted by atomic mass is 9.83. The number of hydrogen-bond acceptors (Lipinski definition) is 1. The van der Waals surface area contributed by atoms with E-state index in [1.165, 1.54) is 24.8 Å². The predicted octanol–water partition coefficient (Wildman–Crippen LogP) is 4.53. The molecule has 0 aromatic heterocycles. The van der Waals surface area contributed by atoms with E-state index in [2.05, 4.69) is 18.2 Å². The molecule has 0 N–H and O–H groups in total. The summed E-state index contributed by atoms with van der Waals surface area (Å²) in [5.41, 5.74) is 1.28. The number of nitrogens with zero attached hydrogens (tertiary/aromatic N) is 1. The van der Waals surface area contributed by atoms with E-state index in [1.54, 1.807) is 0 Å². The summed E-state index contributed by atoms with van der Waals surface area (Å²) in [4.78, 5) is 0. The van der Waals surface area contributed by atoms with E-state index in [9.17, 15) is 5.26 Å². The summed E-state index contributed by atoms with van der Waals surface area (Å²) in [6.45, 7) is 0. The molecule has 0 aliphatic heterocycles. The third kappa shape index (κ3) is 2.57. The molecule has 1 aliphatic carbocycles. The fourth-order valence-electron chi connectivity index (χ4n) is 2.57. The molecule has 1 aliphatic rings. The molecular weight excluding hydrogens is 218 g/mol. The van der Waals surface area contributed by atoms with Crippen molar-refractivity contribution in [3.05, 3.63) is 34.9 Å². The summed E-state index contributed by atoms with van der Waals surface area (Å²) in [6.07, 6.45) is 5.89. The molecule has 1 nitrogen and oxygen atoms in total. The van der Waals surface area contributed by atoms with Gasteiger partial charge in [0.15, 0.2) is 0 Å². The van der Waals surface area contributed by atoms with E-state index in [0.717, 1.165) is 17.9 Å². The maximum Gasteiger partial charge on any atom is 0.0662 e. The lowest BCUT2D eigenvalue weighted by molar-refractivity contribution is 0.490. The van der Waals surface area contributed by atoms with E-state index < -0.39 is 0 Å². The van der Waals surface area contributed by atoms with E-state index in [1.807, 2.05) is 12.1 Å².